The van der Waals surface area contributed by atoms with Gasteiger partial charge in [0.15, 0.2) is 0 Å². The first-order chi connectivity index (χ1) is 10.0. The molecular formula is C19H21NO. The second-order valence-corrected chi connectivity index (χ2v) is 5.38. The van der Waals surface area contributed by atoms with Gasteiger partial charge in [0.05, 0.1) is 6.04 Å². The summed E-state index contributed by atoms with van der Waals surface area (Å²) in [7, 11) is 0. The molecule has 0 aliphatic carbocycles. The molecule has 21 heavy (non-hydrogen) atoms. The van der Waals surface area contributed by atoms with Crippen molar-refractivity contribution in [1.82, 2.24) is 5.32 Å². The third-order valence-corrected chi connectivity index (χ3v) is 3.44. The smallest absolute Gasteiger partial charge is 0.244 e. The van der Waals surface area contributed by atoms with Gasteiger partial charge in [-0.05, 0) is 38.0 Å². The number of carbonyl (C=O) groups excluding carboxylic acids is 1. The molecule has 1 unspecified atom stereocenters. The number of hydrogen-bond donors (Lipinski definition) is 1. The standard InChI is InChI=1S/C19H21NO/c1-14-4-8-17(9-5-14)10-13-19(21)20-16(3)18-11-6-15(2)7-12-18/h4-13,16H,1-3H3,(H,20,21)/b13-10+. The Morgan fingerprint density at radius 2 is 1.48 bits per heavy atom. The van der Waals surface area contributed by atoms with Crippen LogP contribution < -0.4 is 5.32 Å². The summed E-state index contributed by atoms with van der Waals surface area (Å²) < 4.78 is 0. The fourth-order valence-electron chi connectivity index (χ4n) is 2.05. The SMILES string of the molecule is Cc1ccc(/C=C/C(=O)NC(C)c2ccc(C)cc2)cc1. The molecule has 0 saturated heterocycles. The first-order valence-electron chi connectivity index (χ1n) is 7.16. The Balaban J connectivity index is 1.94. The second-order valence-electron chi connectivity index (χ2n) is 5.38. The normalized spacial score (nSPS) is 12.3. The third-order valence-electron chi connectivity index (χ3n) is 3.44. The van der Waals surface area contributed by atoms with Crippen molar-refractivity contribution in [1.29, 1.82) is 0 Å². The summed E-state index contributed by atoms with van der Waals surface area (Å²) in [5, 5.41) is 2.97. The van der Waals surface area contributed by atoms with Crippen LogP contribution >= 0.6 is 0 Å². The summed E-state index contributed by atoms with van der Waals surface area (Å²) in [5.74, 6) is -0.0800. The van der Waals surface area contributed by atoms with Crippen LogP contribution in [-0.2, 0) is 4.79 Å². The van der Waals surface area contributed by atoms with E-state index in [0.29, 0.717) is 0 Å². The Labute approximate surface area is 126 Å². The van der Waals surface area contributed by atoms with Gasteiger partial charge in [-0.2, -0.15) is 0 Å². The average molecular weight is 279 g/mol. The molecule has 2 nitrogen and oxygen atoms in total. The van der Waals surface area contributed by atoms with Crippen molar-refractivity contribution in [3.63, 3.8) is 0 Å². The van der Waals surface area contributed by atoms with E-state index in [1.807, 2.05) is 56.3 Å². The molecule has 1 atom stereocenters. The van der Waals surface area contributed by atoms with Crippen LogP contribution in [0.1, 0.15) is 35.2 Å². The quantitative estimate of drug-likeness (QED) is 0.835. The summed E-state index contributed by atoms with van der Waals surface area (Å²) in [4.78, 5) is 11.9. The molecular weight excluding hydrogens is 258 g/mol. The van der Waals surface area contributed by atoms with Crippen LogP contribution in [0.2, 0.25) is 0 Å². The molecule has 2 aromatic carbocycles. The summed E-state index contributed by atoms with van der Waals surface area (Å²) in [5.41, 5.74) is 4.57. The number of nitrogens with one attached hydrogen (secondary N) is 1. The van der Waals surface area contributed by atoms with E-state index in [1.54, 1.807) is 6.08 Å². The topological polar surface area (TPSA) is 29.1 Å². The summed E-state index contributed by atoms with van der Waals surface area (Å²) in [6, 6.07) is 16.3. The molecule has 0 aromatic heterocycles. The van der Waals surface area contributed by atoms with Gasteiger partial charge < -0.3 is 5.32 Å². The van der Waals surface area contributed by atoms with Crippen LogP contribution in [0.15, 0.2) is 54.6 Å². The predicted octanol–water partition coefficient (Wildman–Crippen LogP) is 4.19. The maximum absolute atomic E-state index is 11.9. The zero-order valence-corrected chi connectivity index (χ0v) is 12.8. The lowest BCUT2D eigenvalue weighted by atomic mass is 10.1. The van der Waals surface area contributed by atoms with Crippen molar-refractivity contribution in [3.05, 3.63) is 76.9 Å². The van der Waals surface area contributed by atoms with Gasteiger partial charge in [-0.1, -0.05) is 59.7 Å². The third kappa shape index (κ3) is 4.60. The van der Waals surface area contributed by atoms with E-state index in [4.69, 9.17) is 0 Å². The van der Waals surface area contributed by atoms with E-state index in [2.05, 4.69) is 24.4 Å². The molecule has 0 aliphatic heterocycles. The highest BCUT2D eigenvalue weighted by Crippen LogP contribution is 2.13. The molecule has 0 spiro atoms. The first-order valence-corrected chi connectivity index (χ1v) is 7.16. The molecule has 0 fully saturated rings. The van der Waals surface area contributed by atoms with E-state index < -0.39 is 0 Å². The Hall–Kier alpha value is -2.35. The molecule has 108 valence electrons. The lowest BCUT2D eigenvalue weighted by Gasteiger charge is -2.13. The lowest BCUT2D eigenvalue weighted by molar-refractivity contribution is -0.117. The van der Waals surface area contributed by atoms with E-state index in [-0.39, 0.29) is 11.9 Å². The summed E-state index contributed by atoms with van der Waals surface area (Å²) >= 11 is 0. The fraction of sp³-hybridized carbons (Fsp3) is 0.211. The van der Waals surface area contributed by atoms with Gasteiger partial charge in [0.1, 0.15) is 0 Å². The van der Waals surface area contributed by atoms with E-state index in [0.717, 1.165) is 11.1 Å². The van der Waals surface area contributed by atoms with Gasteiger partial charge in [-0.3, -0.25) is 4.79 Å². The molecule has 0 saturated carbocycles. The predicted molar refractivity (Wildman–Crippen MR) is 87.9 cm³/mol. The Morgan fingerprint density at radius 3 is 2.05 bits per heavy atom. The van der Waals surface area contributed by atoms with Crippen molar-refractivity contribution in [2.45, 2.75) is 26.8 Å². The fourth-order valence-corrected chi connectivity index (χ4v) is 2.05. The lowest BCUT2D eigenvalue weighted by Crippen LogP contribution is -2.24. The maximum atomic E-state index is 11.9. The Morgan fingerprint density at radius 1 is 0.952 bits per heavy atom. The molecule has 2 rings (SSSR count). The van der Waals surface area contributed by atoms with Crippen LogP contribution in [0.25, 0.3) is 6.08 Å². The highest BCUT2D eigenvalue weighted by atomic mass is 16.1. The van der Waals surface area contributed by atoms with Gasteiger partial charge in [-0.15, -0.1) is 0 Å². The monoisotopic (exact) mass is 279 g/mol. The second kappa shape index (κ2) is 6.89. The maximum Gasteiger partial charge on any atom is 0.244 e. The first kappa shape index (κ1) is 15.0. The zero-order valence-electron chi connectivity index (χ0n) is 12.8. The molecule has 0 radical (unpaired) electrons. The largest absolute Gasteiger partial charge is 0.346 e. The van der Waals surface area contributed by atoms with Gasteiger partial charge >= 0.3 is 0 Å². The number of rotatable bonds is 4. The number of aryl methyl sites for hydroxylation is 2. The summed E-state index contributed by atoms with van der Waals surface area (Å²) in [6.45, 7) is 6.09. The molecule has 0 heterocycles. The molecule has 0 aliphatic rings. The zero-order chi connectivity index (χ0) is 15.2. The number of benzene rings is 2. The molecule has 2 aromatic rings. The summed E-state index contributed by atoms with van der Waals surface area (Å²) in [6.07, 6.45) is 3.41. The minimum Gasteiger partial charge on any atom is -0.346 e. The number of carbonyl (C=O) groups is 1. The Kier molecular flexibility index (Phi) is 4.94. The van der Waals surface area contributed by atoms with Crippen LogP contribution in [0.5, 0.6) is 0 Å². The van der Waals surface area contributed by atoms with Crippen LogP contribution in [0, 0.1) is 13.8 Å². The molecule has 1 N–H and O–H groups in total. The van der Waals surface area contributed by atoms with Crippen LogP contribution in [0.4, 0.5) is 0 Å². The van der Waals surface area contributed by atoms with Gasteiger partial charge in [0.2, 0.25) is 5.91 Å². The van der Waals surface area contributed by atoms with E-state index in [9.17, 15) is 4.79 Å². The molecule has 2 heteroatoms. The van der Waals surface area contributed by atoms with Gasteiger partial charge in [0.25, 0.3) is 0 Å². The van der Waals surface area contributed by atoms with Crippen LogP contribution in [0.3, 0.4) is 0 Å². The highest BCUT2D eigenvalue weighted by molar-refractivity contribution is 5.91. The van der Waals surface area contributed by atoms with Crippen molar-refractivity contribution < 1.29 is 4.79 Å². The average Bonchev–Trinajstić information content (AvgIpc) is 2.47. The van der Waals surface area contributed by atoms with E-state index >= 15 is 0 Å². The highest BCUT2D eigenvalue weighted by Gasteiger charge is 2.06. The van der Waals surface area contributed by atoms with Crippen molar-refractivity contribution in [2.24, 2.45) is 0 Å². The minimum atomic E-state index is -0.0800. The van der Waals surface area contributed by atoms with Crippen LogP contribution in [-0.4, -0.2) is 5.91 Å². The van der Waals surface area contributed by atoms with Crippen molar-refractivity contribution >= 4 is 12.0 Å². The van der Waals surface area contributed by atoms with Gasteiger partial charge in [-0.25, -0.2) is 0 Å². The number of hydrogen-bond acceptors (Lipinski definition) is 1. The molecule has 0 bridgehead atoms. The minimum absolute atomic E-state index is 0.000711. The number of amides is 1. The van der Waals surface area contributed by atoms with Crippen molar-refractivity contribution in [3.8, 4) is 0 Å². The Bertz CT molecular complexity index is 624. The van der Waals surface area contributed by atoms with Crippen molar-refractivity contribution in [2.75, 3.05) is 0 Å². The molecule has 1 amide bonds. The van der Waals surface area contributed by atoms with Gasteiger partial charge in [0, 0.05) is 6.08 Å². The van der Waals surface area contributed by atoms with E-state index in [1.165, 1.54) is 11.1 Å².